The van der Waals surface area contributed by atoms with Crippen LogP contribution in [0, 0.1) is 0 Å². The van der Waals surface area contributed by atoms with Gasteiger partial charge in [0.25, 0.3) is 0 Å². The van der Waals surface area contributed by atoms with E-state index in [0.717, 1.165) is 18.2 Å². The van der Waals surface area contributed by atoms with Crippen LogP contribution in [0.5, 0.6) is 0 Å². The summed E-state index contributed by atoms with van der Waals surface area (Å²) in [5, 5.41) is 0. The number of hydrogen-bond donors (Lipinski definition) is 0. The van der Waals surface area contributed by atoms with Gasteiger partial charge in [0.15, 0.2) is 0 Å². The molecule has 0 saturated carbocycles. The molecule has 1 atom stereocenters. The van der Waals surface area contributed by atoms with Crippen molar-refractivity contribution in [2.75, 3.05) is 0 Å². The molecule has 0 aromatic heterocycles. The van der Waals surface area contributed by atoms with Gasteiger partial charge in [-0.25, -0.2) is 0 Å². The zero-order chi connectivity index (χ0) is 12.6. The molecule has 1 unspecified atom stereocenters. The highest BCUT2D eigenvalue weighted by atomic mass is 79.9. The maximum absolute atomic E-state index is 12.2. The van der Waals surface area contributed by atoms with Crippen LogP contribution in [0.3, 0.4) is 0 Å². The van der Waals surface area contributed by atoms with Gasteiger partial charge in [0.1, 0.15) is 4.83 Å². The summed E-state index contributed by atoms with van der Waals surface area (Å²) in [6, 6.07) is 3.13. The van der Waals surface area contributed by atoms with Gasteiger partial charge < -0.3 is 0 Å². The van der Waals surface area contributed by atoms with Gasteiger partial charge in [-0.15, -0.1) is 0 Å². The fourth-order valence-corrected chi connectivity index (χ4v) is 1.35. The summed E-state index contributed by atoms with van der Waals surface area (Å²) < 4.78 is 73.4. The first kappa shape index (κ1) is 13.3. The van der Waals surface area contributed by atoms with Gasteiger partial charge in [-0.3, -0.25) is 0 Å². The van der Waals surface area contributed by atoms with E-state index in [1.54, 1.807) is 0 Å². The maximum atomic E-state index is 12.2. The van der Waals surface area contributed by atoms with Crippen molar-refractivity contribution in [1.82, 2.24) is 0 Å². The van der Waals surface area contributed by atoms with Crippen molar-refractivity contribution in [1.29, 1.82) is 0 Å². The molecule has 0 radical (unpaired) electrons. The molecule has 1 aromatic carbocycles. The minimum atomic E-state index is -4.64. The normalized spacial score (nSPS) is 14.9. The van der Waals surface area contributed by atoms with Crippen molar-refractivity contribution < 1.29 is 26.3 Å². The van der Waals surface area contributed by atoms with E-state index in [-0.39, 0.29) is 0 Å². The van der Waals surface area contributed by atoms with E-state index in [0.29, 0.717) is 6.07 Å². The summed E-state index contributed by atoms with van der Waals surface area (Å²) >= 11 is 2.31. The quantitative estimate of drug-likeness (QED) is 0.521. The molecular formula is C9H5BrF6. The third-order valence-electron chi connectivity index (χ3n) is 1.79. The Kier molecular flexibility index (Phi) is 3.56. The summed E-state index contributed by atoms with van der Waals surface area (Å²) in [7, 11) is 0. The molecule has 0 N–H and O–H groups in total. The van der Waals surface area contributed by atoms with Crippen molar-refractivity contribution in [3.05, 3.63) is 35.4 Å². The molecule has 7 heteroatoms. The second-order valence-corrected chi connectivity index (χ2v) is 3.94. The molecule has 0 amide bonds. The van der Waals surface area contributed by atoms with E-state index in [4.69, 9.17) is 0 Å². The average molecular weight is 307 g/mol. The lowest BCUT2D eigenvalue weighted by molar-refractivity contribution is -0.138. The van der Waals surface area contributed by atoms with E-state index in [1.807, 2.05) is 0 Å². The van der Waals surface area contributed by atoms with Crippen LogP contribution in [0.2, 0.25) is 0 Å². The fraction of sp³-hybridized carbons (Fsp3) is 0.333. The van der Waals surface area contributed by atoms with Crippen molar-refractivity contribution >= 4 is 15.9 Å². The zero-order valence-electron chi connectivity index (χ0n) is 7.53. The largest absolute Gasteiger partial charge is 0.416 e. The molecule has 0 aliphatic heterocycles. The Morgan fingerprint density at radius 1 is 1.00 bits per heavy atom. The van der Waals surface area contributed by atoms with Gasteiger partial charge in [-0.05, 0) is 11.6 Å². The van der Waals surface area contributed by atoms with Crippen LogP contribution in [0.15, 0.2) is 24.3 Å². The van der Waals surface area contributed by atoms with Gasteiger partial charge >= 0.3 is 12.4 Å². The summed E-state index contributed by atoms with van der Waals surface area (Å²) in [4.78, 5) is -2.10. The molecule has 0 aliphatic carbocycles. The molecule has 1 rings (SSSR count). The minimum absolute atomic E-state index is 0.470. The first-order valence-electron chi connectivity index (χ1n) is 4.00. The molecule has 0 spiro atoms. The lowest BCUT2D eigenvalue weighted by Crippen LogP contribution is -2.16. The van der Waals surface area contributed by atoms with E-state index in [9.17, 15) is 26.3 Å². The third-order valence-corrected chi connectivity index (χ3v) is 2.84. The first-order valence-corrected chi connectivity index (χ1v) is 4.92. The average Bonchev–Trinajstić information content (AvgIpc) is 2.14. The predicted molar refractivity (Wildman–Crippen MR) is 49.2 cm³/mol. The van der Waals surface area contributed by atoms with Crippen LogP contribution < -0.4 is 0 Å². The predicted octanol–water partition coefficient (Wildman–Crippen LogP) is 4.70. The van der Waals surface area contributed by atoms with Crippen LogP contribution in [0.4, 0.5) is 26.3 Å². The van der Waals surface area contributed by atoms with Crippen molar-refractivity contribution in [3.8, 4) is 0 Å². The number of hydrogen-bond acceptors (Lipinski definition) is 0. The van der Waals surface area contributed by atoms with E-state index in [1.165, 1.54) is 0 Å². The summed E-state index contributed by atoms with van der Waals surface area (Å²) in [5.41, 5.74) is -1.57. The Morgan fingerprint density at radius 2 is 1.56 bits per heavy atom. The number of rotatable bonds is 1. The molecule has 0 fully saturated rings. The topological polar surface area (TPSA) is 0 Å². The Hall–Kier alpha value is -0.720. The monoisotopic (exact) mass is 306 g/mol. The van der Waals surface area contributed by atoms with Gasteiger partial charge in [-0.2, -0.15) is 26.3 Å². The highest BCUT2D eigenvalue weighted by Gasteiger charge is 2.40. The SMILES string of the molecule is FC(F)(F)c1cccc(C(Br)C(F)(F)F)c1. The molecule has 0 nitrogen and oxygen atoms in total. The molecule has 90 valence electrons. The fourth-order valence-electron chi connectivity index (χ4n) is 1.06. The van der Waals surface area contributed by atoms with Crippen molar-refractivity contribution in [3.63, 3.8) is 0 Å². The molecule has 0 saturated heterocycles. The summed E-state index contributed by atoms with van der Waals surface area (Å²) in [5.74, 6) is 0. The van der Waals surface area contributed by atoms with Crippen molar-refractivity contribution in [2.45, 2.75) is 17.2 Å². The summed E-state index contributed by atoms with van der Waals surface area (Å²) in [6.45, 7) is 0. The zero-order valence-corrected chi connectivity index (χ0v) is 9.12. The maximum Gasteiger partial charge on any atom is 0.416 e. The van der Waals surface area contributed by atoms with Gasteiger partial charge in [0.2, 0.25) is 0 Å². The van der Waals surface area contributed by atoms with Crippen LogP contribution in [0.1, 0.15) is 16.0 Å². The molecule has 0 bridgehead atoms. The van der Waals surface area contributed by atoms with E-state index >= 15 is 0 Å². The Labute approximate surface area is 95.4 Å². The molecular weight excluding hydrogens is 302 g/mol. The molecule has 16 heavy (non-hydrogen) atoms. The van der Waals surface area contributed by atoms with Crippen LogP contribution in [-0.4, -0.2) is 6.18 Å². The molecule has 0 heterocycles. The van der Waals surface area contributed by atoms with Crippen LogP contribution in [-0.2, 0) is 6.18 Å². The Bertz CT molecular complexity index is 367. The lowest BCUT2D eigenvalue weighted by atomic mass is 10.1. The highest BCUT2D eigenvalue weighted by Crippen LogP contribution is 2.41. The number of alkyl halides is 7. The van der Waals surface area contributed by atoms with Gasteiger partial charge in [0, 0.05) is 0 Å². The van der Waals surface area contributed by atoms with Crippen molar-refractivity contribution in [2.24, 2.45) is 0 Å². The second kappa shape index (κ2) is 4.27. The van der Waals surface area contributed by atoms with E-state index in [2.05, 4.69) is 15.9 Å². The first-order chi connectivity index (χ1) is 7.12. The third kappa shape index (κ3) is 3.13. The number of halogens is 7. The van der Waals surface area contributed by atoms with Gasteiger partial charge in [-0.1, -0.05) is 34.1 Å². The minimum Gasteiger partial charge on any atom is -0.169 e. The molecule has 1 aromatic rings. The highest BCUT2D eigenvalue weighted by molar-refractivity contribution is 9.09. The van der Waals surface area contributed by atoms with Crippen LogP contribution >= 0.6 is 15.9 Å². The standard InChI is InChI=1S/C9H5BrF6/c10-7(9(14,15)16)5-2-1-3-6(4-5)8(11,12)13/h1-4,7H. The van der Waals surface area contributed by atoms with Gasteiger partial charge in [0.05, 0.1) is 5.56 Å². The second-order valence-electron chi connectivity index (χ2n) is 3.03. The smallest absolute Gasteiger partial charge is 0.169 e. The summed E-state index contributed by atoms with van der Waals surface area (Å²) in [6.07, 6.45) is -9.27. The number of benzene rings is 1. The molecule has 0 aliphatic rings. The Morgan fingerprint density at radius 3 is 2.00 bits per heavy atom. The Balaban J connectivity index is 3.09. The van der Waals surface area contributed by atoms with Crippen LogP contribution in [0.25, 0.3) is 0 Å². The van der Waals surface area contributed by atoms with E-state index < -0.39 is 28.3 Å². The lowest BCUT2D eigenvalue weighted by Gasteiger charge is -2.15.